The van der Waals surface area contributed by atoms with E-state index in [2.05, 4.69) is 5.32 Å². The second-order valence-corrected chi connectivity index (χ2v) is 5.20. The van der Waals surface area contributed by atoms with Gasteiger partial charge in [0.25, 0.3) is 0 Å². The van der Waals surface area contributed by atoms with E-state index in [1.54, 1.807) is 0 Å². The van der Waals surface area contributed by atoms with Crippen LogP contribution in [-0.4, -0.2) is 43.8 Å². The molecule has 2 saturated heterocycles. The van der Waals surface area contributed by atoms with Crippen LogP contribution in [0.3, 0.4) is 0 Å². The summed E-state index contributed by atoms with van der Waals surface area (Å²) in [5.74, 6) is 0.536. The van der Waals surface area contributed by atoms with Crippen molar-refractivity contribution in [2.24, 2.45) is 5.92 Å². The third kappa shape index (κ3) is 3.33. The Morgan fingerprint density at radius 2 is 2.06 bits per heavy atom. The molecule has 2 rings (SSSR count). The zero-order valence-electron chi connectivity index (χ0n) is 10.0. The van der Waals surface area contributed by atoms with Gasteiger partial charge in [-0.1, -0.05) is 0 Å². The second kappa shape index (κ2) is 6.03. The van der Waals surface area contributed by atoms with Crippen molar-refractivity contribution in [1.82, 2.24) is 5.32 Å². The van der Waals surface area contributed by atoms with Crippen LogP contribution in [0.1, 0.15) is 25.7 Å². The van der Waals surface area contributed by atoms with E-state index in [1.807, 2.05) is 0 Å². The zero-order valence-corrected chi connectivity index (χ0v) is 10.8. The van der Waals surface area contributed by atoms with E-state index in [1.165, 1.54) is 0 Å². The maximum absolute atomic E-state index is 12.1. The van der Waals surface area contributed by atoms with Gasteiger partial charge in [0.2, 0.25) is 5.91 Å². The molecule has 0 spiro atoms. The van der Waals surface area contributed by atoms with Gasteiger partial charge in [-0.25, -0.2) is 0 Å². The molecule has 0 bridgehead atoms. The summed E-state index contributed by atoms with van der Waals surface area (Å²) in [7, 11) is 0. The van der Waals surface area contributed by atoms with E-state index >= 15 is 0 Å². The first-order valence-electron chi connectivity index (χ1n) is 6.29. The second-order valence-electron chi connectivity index (χ2n) is 4.93. The molecule has 1 amide bonds. The quantitative estimate of drug-likeness (QED) is 0.780. The minimum atomic E-state index is -0.270. The Hall–Kier alpha value is -0.320. The SMILES string of the molecule is O=C(NC1(CCl)CCOCC1)C1CCCOC1. The minimum absolute atomic E-state index is 0.00770. The molecule has 2 aliphatic rings. The van der Waals surface area contributed by atoms with Crippen LogP contribution in [0, 0.1) is 5.92 Å². The maximum atomic E-state index is 12.1. The van der Waals surface area contributed by atoms with Crippen LogP contribution in [0.15, 0.2) is 0 Å². The van der Waals surface area contributed by atoms with Gasteiger partial charge < -0.3 is 14.8 Å². The van der Waals surface area contributed by atoms with Crippen LogP contribution in [0.25, 0.3) is 0 Å². The maximum Gasteiger partial charge on any atom is 0.225 e. The Morgan fingerprint density at radius 3 is 2.65 bits per heavy atom. The van der Waals surface area contributed by atoms with Crippen molar-refractivity contribution in [2.75, 3.05) is 32.3 Å². The fourth-order valence-electron chi connectivity index (χ4n) is 2.37. The summed E-state index contributed by atoms with van der Waals surface area (Å²) in [6.07, 6.45) is 3.49. The van der Waals surface area contributed by atoms with Gasteiger partial charge in [-0.2, -0.15) is 0 Å². The van der Waals surface area contributed by atoms with Crippen molar-refractivity contribution in [3.8, 4) is 0 Å². The summed E-state index contributed by atoms with van der Waals surface area (Å²) < 4.78 is 10.7. The van der Waals surface area contributed by atoms with Gasteiger partial charge in [0, 0.05) is 25.7 Å². The Labute approximate surface area is 107 Å². The molecule has 1 unspecified atom stereocenters. The molecule has 1 atom stereocenters. The lowest BCUT2D eigenvalue weighted by Gasteiger charge is -2.37. The number of nitrogens with one attached hydrogen (secondary N) is 1. The van der Waals surface area contributed by atoms with Crippen LogP contribution in [0.4, 0.5) is 0 Å². The van der Waals surface area contributed by atoms with Crippen molar-refractivity contribution in [3.05, 3.63) is 0 Å². The van der Waals surface area contributed by atoms with Gasteiger partial charge >= 0.3 is 0 Å². The van der Waals surface area contributed by atoms with E-state index in [0.717, 1.165) is 32.3 Å². The third-order valence-corrected chi connectivity index (χ3v) is 4.14. The van der Waals surface area contributed by atoms with Crippen LogP contribution in [0.2, 0.25) is 0 Å². The van der Waals surface area contributed by atoms with Crippen LogP contribution >= 0.6 is 11.6 Å². The topological polar surface area (TPSA) is 47.6 Å². The highest BCUT2D eigenvalue weighted by molar-refractivity contribution is 6.18. The largest absolute Gasteiger partial charge is 0.381 e. The van der Waals surface area contributed by atoms with E-state index in [0.29, 0.717) is 25.7 Å². The number of hydrogen-bond donors (Lipinski definition) is 1. The molecule has 2 fully saturated rings. The third-order valence-electron chi connectivity index (χ3n) is 3.63. The molecular formula is C12H20ClNO3. The van der Waals surface area contributed by atoms with E-state index in [4.69, 9.17) is 21.1 Å². The average Bonchev–Trinajstić information content (AvgIpc) is 2.41. The summed E-state index contributed by atoms with van der Waals surface area (Å²) >= 11 is 6.02. The lowest BCUT2D eigenvalue weighted by Crippen LogP contribution is -2.55. The Kier molecular flexibility index (Phi) is 4.65. The molecule has 1 N–H and O–H groups in total. The number of ether oxygens (including phenoxy) is 2. The Balaban J connectivity index is 1.90. The molecule has 0 aliphatic carbocycles. The molecular weight excluding hydrogens is 242 g/mol. The Bertz CT molecular complexity index is 260. The molecule has 0 radical (unpaired) electrons. The molecule has 2 aliphatic heterocycles. The van der Waals surface area contributed by atoms with E-state index < -0.39 is 0 Å². The van der Waals surface area contributed by atoms with Crippen LogP contribution < -0.4 is 5.32 Å². The fraction of sp³-hybridized carbons (Fsp3) is 0.917. The van der Waals surface area contributed by atoms with Crippen molar-refractivity contribution in [1.29, 1.82) is 0 Å². The smallest absolute Gasteiger partial charge is 0.225 e. The predicted octanol–water partition coefficient (Wildman–Crippen LogP) is 1.32. The highest BCUT2D eigenvalue weighted by Crippen LogP contribution is 2.24. The highest BCUT2D eigenvalue weighted by Gasteiger charge is 2.35. The summed E-state index contributed by atoms with van der Waals surface area (Å²) in [5, 5.41) is 3.12. The molecule has 0 aromatic heterocycles. The molecule has 0 saturated carbocycles. The summed E-state index contributed by atoms with van der Waals surface area (Å²) in [4.78, 5) is 12.1. The van der Waals surface area contributed by atoms with Gasteiger partial charge in [0.05, 0.1) is 18.1 Å². The average molecular weight is 262 g/mol. The summed E-state index contributed by atoms with van der Waals surface area (Å²) in [5.41, 5.74) is -0.270. The zero-order chi connectivity index (χ0) is 12.1. The Morgan fingerprint density at radius 1 is 1.29 bits per heavy atom. The van der Waals surface area contributed by atoms with E-state index in [-0.39, 0.29) is 17.4 Å². The number of alkyl halides is 1. The molecule has 0 aromatic rings. The minimum Gasteiger partial charge on any atom is -0.381 e. The van der Waals surface area contributed by atoms with Gasteiger partial charge in [0.15, 0.2) is 0 Å². The molecule has 98 valence electrons. The fourth-order valence-corrected chi connectivity index (χ4v) is 2.70. The number of carbonyl (C=O) groups is 1. The standard InChI is InChI=1S/C12H20ClNO3/c13-9-12(3-6-16-7-4-12)14-11(15)10-2-1-5-17-8-10/h10H,1-9H2,(H,14,15). The van der Waals surface area contributed by atoms with Crippen molar-refractivity contribution < 1.29 is 14.3 Å². The van der Waals surface area contributed by atoms with Gasteiger partial charge in [-0.05, 0) is 25.7 Å². The number of halogens is 1. The number of carbonyl (C=O) groups excluding carboxylic acids is 1. The van der Waals surface area contributed by atoms with Crippen LogP contribution in [-0.2, 0) is 14.3 Å². The lowest BCUT2D eigenvalue weighted by atomic mass is 9.90. The van der Waals surface area contributed by atoms with Crippen molar-refractivity contribution >= 4 is 17.5 Å². The monoisotopic (exact) mass is 261 g/mol. The molecule has 0 aromatic carbocycles. The van der Waals surface area contributed by atoms with E-state index in [9.17, 15) is 4.79 Å². The van der Waals surface area contributed by atoms with Crippen LogP contribution in [0.5, 0.6) is 0 Å². The first-order valence-corrected chi connectivity index (χ1v) is 6.83. The normalized spacial score (nSPS) is 28.6. The lowest BCUT2D eigenvalue weighted by molar-refractivity contribution is -0.131. The summed E-state index contributed by atoms with van der Waals surface area (Å²) in [6.45, 7) is 2.67. The predicted molar refractivity (Wildman–Crippen MR) is 65.2 cm³/mol. The first kappa shape index (κ1) is 13.1. The van der Waals surface area contributed by atoms with Crippen molar-refractivity contribution in [2.45, 2.75) is 31.2 Å². The number of rotatable bonds is 3. The van der Waals surface area contributed by atoms with Gasteiger partial charge in [-0.3, -0.25) is 4.79 Å². The molecule has 4 nitrogen and oxygen atoms in total. The number of hydrogen-bond acceptors (Lipinski definition) is 3. The highest BCUT2D eigenvalue weighted by atomic mass is 35.5. The van der Waals surface area contributed by atoms with Gasteiger partial charge in [-0.15, -0.1) is 11.6 Å². The molecule has 17 heavy (non-hydrogen) atoms. The number of amides is 1. The van der Waals surface area contributed by atoms with Crippen molar-refractivity contribution in [3.63, 3.8) is 0 Å². The van der Waals surface area contributed by atoms with Gasteiger partial charge in [0.1, 0.15) is 0 Å². The summed E-state index contributed by atoms with van der Waals surface area (Å²) in [6, 6.07) is 0. The first-order chi connectivity index (χ1) is 8.26. The molecule has 2 heterocycles. The molecule has 5 heteroatoms.